The Morgan fingerprint density at radius 1 is 1.17 bits per heavy atom. The summed E-state index contributed by atoms with van der Waals surface area (Å²) in [5.74, 6) is 1.89. The summed E-state index contributed by atoms with van der Waals surface area (Å²) in [6.07, 6.45) is 6.31. The second kappa shape index (κ2) is 9.89. The lowest BCUT2D eigenvalue weighted by atomic mass is 10.1. The smallest absolute Gasteiger partial charge is 0.224 e. The highest BCUT2D eigenvalue weighted by atomic mass is 32.1. The van der Waals surface area contributed by atoms with Gasteiger partial charge >= 0.3 is 0 Å². The van der Waals surface area contributed by atoms with E-state index in [-0.39, 0.29) is 5.91 Å². The van der Waals surface area contributed by atoms with Crippen LogP contribution in [-0.2, 0) is 17.8 Å². The summed E-state index contributed by atoms with van der Waals surface area (Å²) in [7, 11) is 0. The standard InChI is InChI=1S/C23H28N4O2S/c1-18-7-9-19(10-8-18)16-21-24-23(30-25-21)27(17-20-6-5-15-29-20)14-11-22(28)26-12-3-2-4-13-26/h5-10,15H,2-4,11-14,16-17H2,1H3. The van der Waals surface area contributed by atoms with Crippen molar-refractivity contribution in [1.29, 1.82) is 0 Å². The van der Waals surface area contributed by atoms with E-state index in [1.807, 2.05) is 17.0 Å². The molecule has 1 amide bonds. The van der Waals surface area contributed by atoms with Crippen molar-refractivity contribution >= 4 is 22.6 Å². The molecule has 1 aromatic carbocycles. The minimum Gasteiger partial charge on any atom is -0.467 e. The highest BCUT2D eigenvalue weighted by Gasteiger charge is 2.20. The Kier molecular flexibility index (Phi) is 6.79. The van der Waals surface area contributed by atoms with E-state index < -0.39 is 0 Å². The zero-order chi connectivity index (χ0) is 20.8. The maximum absolute atomic E-state index is 12.7. The molecule has 158 valence electrons. The van der Waals surface area contributed by atoms with Gasteiger partial charge in [0.25, 0.3) is 0 Å². The molecule has 0 atom stereocenters. The third kappa shape index (κ3) is 5.48. The molecular formula is C23H28N4O2S. The van der Waals surface area contributed by atoms with E-state index in [4.69, 9.17) is 9.40 Å². The van der Waals surface area contributed by atoms with Crippen molar-refractivity contribution in [2.45, 2.75) is 45.6 Å². The van der Waals surface area contributed by atoms with Crippen LogP contribution < -0.4 is 4.90 Å². The summed E-state index contributed by atoms with van der Waals surface area (Å²) in [6.45, 7) is 5.04. The Bertz CT molecular complexity index is 931. The molecule has 4 rings (SSSR count). The summed E-state index contributed by atoms with van der Waals surface area (Å²) in [4.78, 5) is 21.5. The van der Waals surface area contributed by atoms with Gasteiger partial charge in [0.2, 0.25) is 11.0 Å². The first-order valence-corrected chi connectivity index (χ1v) is 11.4. The number of benzene rings is 1. The fourth-order valence-corrected chi connectivity index (χ4v) is 4.41. The van der Waals surface area contributed by atoms with Crippen LogP contribution in [0.4, 0.5) is 5.13 Å². The Morgan fingerprint density at radius 2 is 1.97 bits per heavy atom. The third-order valence-electron chi connectivity index (χ3n) is 5.44. The SMILES string of the molecule is Cc1ccc(Cc2nsc(N(CCC(=O)N3CCCCC3)Cc3ccco3)n2)cc1. The molecule has 1 saturated heterocycles. The van der Waals surface area contributed by atoms with Crippen LogP contribution in [0.3, 0.4) is 0 Å². The molecule has 6 nitrogen and oxygen atoms in total. The van der Waals surface area contributed by atoms with Crippen molar-refractivity contribution in [3.63, 3.8) is 0 Å². The quantitative estimate of drug-likeness (QED) is 0.535. The lowest BCUT2D eigenvalue weighted by Crippen LogP contribution is -2.37. The van der Waals surface area contributed by atoms with E-state index in [1.54, 1.807) is 6.26 Å². The highest BCUT2D eigenvalue weighted by molar-refractivity contribution is 7.09. The number of hydrogen-bond donors (Lipinski definition) is 0. The first kappa shape index (κ1) is 20.6. The summed E-state index contributed by atoms with van der Waals surface area (Å²) in [5.41, 5.74) is 2.44. The van der Waals surface area contributed by atoms with Crippen molar-refractivity contribution in [3.05, 3.63) is 65.4 Å². The van der Waals surface area contributed by atoms with Gasteiger partial charge in [-0.2, -0.15) is 4.37 Å². The molecule has 1 aliphatic heterocycles. The molecule has 0 radical (unpaired) electrons. The van der Waals surface area contributed by atoms with Crippen LogP contribution in [0.25, 0.3) is 0 Å². The van der Waals surface area contributed by atoms with Crippen LogP contribution in [0.5, 0.6) is 0 Å². The number of rotatable bonds is 8. The zero-order valence-corrected chi connectivity index (χ0v) is 18.2. The lowest BCUT2D eigenvalue weighted by Gasteiger charge is -2.28. The van der Waals surface area contributed by atoms with Gasteiger partial charge in [-0.1, -0.05) is 29.8 Å². The van der Waals surface area contributed by atoms with Gasteiger partial charge in [0.05, 0.1) is 12.8 Å². The monoisotopic (exact) mass is 424 g/mol. The Balaban J connectivity index is 1.43. The number of aryl methyl sites for hydroxylation is 1. The topological polar surface area (TPSA) is 62.5 Å². The predicted molar refractivity (Wildman–Crippen MR) is 119 cm³/mol. The summed E-state index contributed by atoms with van der Waals surface area (Å²) < 4.78 is 10.1. The number of anilines is 1. The maximum Gasteiger partial charge on any atom is 0.224 e. The summed E-state index contributed by atoms with van der Waals surface area (Å²) >= 11 is 1.39. The number of likely N-dealkylation sites (tertiary alicyclic amines) is 1. The van der Waals surface area contributed by atoms with Crippen LogP contribution in [-0.4, -0.2) is 39.8 Å². The van der Waals surface area contributed by atoms with Crippen molar-refractivity contribution in [3.8, 4) is 0 Å². The highest BCUT2D eigenvalue weighted by Crippen LogP contribution is 2.22. The average Bonchev–Trinajstić information content (AvgIpc) is 3.45. The van der Waals surface area contributed by atoms with Gasteiger partial charge in [-0.15, -0.1) is 0 Å². The zero-order valence-electron chi connectivity index (χ0n) is 17.4. The van der Waals surface area contributed by atoms with Crippen molar-refractivity contribution < 1.29 is 9.21 Å². The third-order valence-corrected chi connectivity index (χ3v) is 6.26. The molecule has 0 spiro atoms. The molecule has 0 bridgehead atoms. The predicted octanol–water partition coefficient (Wildman–Crippen LogP) is 4.44. The minimum absolute atomic E-state index is 0.225. The Labute approximate surface area is 181 Å². The molecule has 0 unspecified atom stereocenters. The van der Waals surface area contributed by atoms with E-state index in [9.17, 15) is 4.79 Å². The molecule has 1 fully saturated rings. The van der Waals surface area contributed by atoms with E-state index in [0.29, 0.717) is 25.9 Å². The first-order chi connectivity index (χ1) is 14.7. The summed E-state index contributed by atoms with van der Waals surface area (Å²) in [6, 6.07) is 12.3. The Morgan fingerprint density at radius 3 is 2.70 bits per heavy atom. The van der Waals surface area contributed by atoms with E-state index >= 15 is 0 Å². The molecule has 30 heavy (non-hydrogen) atoms. The fourth-order valence-electron chi connectivity index (χ4n) is 3.70. The summed E-state index contributed by atoms with van der Waals surface area (Å²) in [5, 5.41) is 0.833. The number of aromatic nitrogens is 2. The molecule has 3 aromatic rings. The maximum atomic E-state index is 12.7. The minimum atomic E-state index is 0.225. The molecule has 0 N–H and O–H groups in total. The van der Waals surface area contributed by atoms with Crippen molar-refractivity contribution in [2.75, 3.05) is 24.5 Å². The van der Waals surface area contributed by atoms with Crippen LogP contribution >= 0.6 is 11.5 Å². The molecule has 3 heterocycles. The van der Waals surface area contributed by atoms with E-state index in [0.717, 1.165) is 42.6 Å². The van der Waals surface area contributed by atoms with Gasteiger partial charge in [-0.3, -0.25) is 4.79 Å². The molecule has 0 saturated carbocycles. The Hall–Kier alpha value is -2.67. The molecule has 0 aliphatic carbocycles. The number of piperidine rings is 1. The number of carbonyl (C=O) groups is 1. The van der Waals surface area contributed by atoms with Crippen LogP contribution in [0.15, 0.2) is 47.1 Å². The molecular weight excluding hydrogens is 396 g/mol. The average molecular weight is 425 g/mol. The number of nitrogens with zero attached hydrogens (tertiary/aromatic N) is 4. The largest absolute Gasteiger partial charge is 0.467 e. The number of hydrogen-bond acceptors (Lipinski definition) is 6. The molecule has 7 heteroatoms. The van der Waals surface area contributed by atoms with Crippen LogP contribution in [0, 0.1) is 6.92 Å². The van der Waals surface area contributed by atoms with Crippen LogP contribution in [0.1, 0.15) is 48.4 Å². The lowest BCUT2D eigenvalue weighted by molar-refractivity contribution is -0.131. The van der Waals surface area contributed by atoms with Crippen molar-refractivity contribution in [1.82, 2.24) is 14.3 Å². The second-order valence-electron chi connectivity index (χ2n) is 7.85. The van der Waals surface area contributed by atoms with Gasteiger partial charge in [0.15, 0.2) is 0 Å². The fraction of sp³-hybridized carbons (Fsp3) is 0.435. The second-order valence-corrected chi connectivity index (χ2v) is 8.58. The van der Waals surface area contributed by atoms with E-state index in [2.05, 4.69) is 40.5 Å². The van der Waals surface area contributed by atoms with Gasteiger partial charge < -0.3 is 14.2 Å². The molecule has 1 aliphatic rings. The van der Waals surface area contributed by atoms with E-state index in [1.165, 1.54) is 29.1 Å². The van der Waals surface area contributed by atoms with Gasteiger partial charge in [0, 0.05) is 44.0 Å². The first-order valence-electron chi connectivity index (χ1n) is 10.6. The van der Waals surface area contributed by atoms with Crippen LogP contribution in [0.2, 0.25) is 0 Å². The van der Waals surface area contributed by atoms with Gasteiger partial charge in [-0.25, -0.2) is 4.98 Å². The van der Waals surface area contributed by atoms with Gasteiger partial charge in [0.1, 0.15) is 11.6 Å². The number of amides is 1. The number of furan rings is 1. The molecule has 2 aromatic heterocycles. The van der Waals surface area contributed by atoms with Gasteiger partial charge in [-0.05, 0) is 43.9 Å². The number of carbonyl (C=O) groups excluding carboxylic acids is 1. The normalized spacial score (nSPS) is 14.1. The van der Waals surface area contributed by atoms with Crippen molar-refractivity contribution in [2.24, 2.45) is 0 Å².